The molecule has 0 aliphatic carbocycles. The van der Waals surface area contributed by atoms with E-state index in [1.807, 2.05) is 25.1 Å². The Morgan fingerprint density at radius 2 is 1.81 bits per heavy atom. The van der Waals surface area contributed by atoms with Crippen LogP contribution in [0.3, 0.4) is 0 Å². The van der Waals surface area contributed by atoms with Crippen LogP contribution in [0.4, 0.5) is 0 Å². The highest BCUT2D eigenvalue weighted by molar-refractivity contribution is 6.29. The van der Waals surface area contributed by atoms with Gasteiger partial charge in [-0.05, 0) is 49.6 Å². The average Bonchev–Trinajstić information content (AvgIpc) is 2.65. The van der Waals surface area contributed by atoms with E-state index in [0.29, 0.717) is 29.7 Å². The average molecular weight is 377 g/mol. The SMILES string of the molecule is CCCOc1ccc([C@H](C)NC(=O)c2ccc(Cl)nc2)cc1OCCC. The Morgan fingerprint density at radius 1 is 1.12 bits per heavy atom. The number of carbonyl (C=O) groups is 1. The van der Waals surface area contributed by atoms with Gasteiger partial charge in [-0.1, -0.05) is 31.5 Å². The van der Waals surface area contributed by atoms with E-state index in [2.05, 4.69) is 24.1 Å². The first-order valence-electron chi connectivity index (χ1n) is 8.87. The quantitative estimate of drug-likeness (QED) is 0.638. The Bertz CT molecular complexity index is 719. The Hall–Kier alpha value is -2.27. The number of halogens is 1. The highest BCUT2D eigenvalue weighted by Gasteiger charge is 2.15. The summed E-state index contributed by atoms with van der Waals surface area (Å²) in [6, 6.07) is 8.80. The minimum atomic E-state index is -0.205. The second-order valence-corrected chi connectivity index (χ2v) is 6.36. The lowest BCUT2D eigenvalue weighted by Crippen LogP contribution is -2.26. The first-order valence-corrected chi connectivity index (χ1v) is 9.24. The van der Waals surface area contributed by atoms with Gasteiger partial charge < -0.3 is 14.8 Å². The summed E-state index contributed by atoms with van der Waals surface area (Å²) in [6.07, 6.45) is 3.30. The van der Waals surface area contributed by atoms with Crippen LogP contribution in [0.5, 0.6) is 11.5 Å². The fourth-order valence-electron chi connectivity index (χ4n) is 2.32. The van der Waals surface area contributed by atoms with E-state index in [4.69, 9.17) is 21.1 Å². The third kappa shape index (κ3) is 5.63. The van der Waals surface area contributed by atoms with Crippen molar-refractivity contribution in [1.82, 2.24) is 10.3 Å². The maximum atomic E-state index is 12.4. The van der Waals surface area contributed by atoms with E-state index in [1.165, 1.54) is 6.20 Å². The maximum Gasteiger partial charge on any atom is 0.253 e. The van der Waals surface area contributed by atoms with E-state index < -0.39 is 0 Å². The molecule has 1 heterocycles. The number of aromatic nitrogens is 1. The Kier molecular flexibility index (Phi) is 7.73. The number of nitrogens with zero attached hydrogens (tertiary/aromatic N) is 1. The van der Waals surface area contributed by atoms with Gasteiger partial charge in [0, 0.05) is 6.20 Å². The van der Waals surface area contributed by atoms with Crippen LogP contribution in [0.2, 0.25) is 5.15 Å². The number of nitrogens with one attached hydrogen (secondary N) is 1. The molecule has 0 saturated heterocycles. The van der Waals surface area contributed by atoms with Crippen LogP contribution in [-0.2, 0) is 0 Å². The lowest BCUT2D eigenvalue weighted by molar-refractivity contribution is 0.0939. The molecule has 0 fully saturated rings. The molecule has 1 aromatic heterocycles. The van der Waals surface area contributed by atoms with E-state index >= 15 is 0 Å². The van der Waals surface area contributed by atoms with Gasteiger partial charge in [0.05, 0.1) is 24.8 Å². The molecule has 0 spiro atoms. The Balaban J connectivity index is 2.12. The minimum absolute atomic E-state index is 0.192. The van der Waals surface area contributed by atoms with Crippen molar-refractivity contribution in [3.8, 4) is 11.5 Å². The molecule has 6 heteroatoms. The number of rotatable bonds is 9. The molecule has 2 aromatic rings. The van der Waals surface area contributed by atoms with Crippen LogP contribution in [0.25, 0.3) is 0 Å². The molecule has 2 rings (SSSR count). The Morgan fingerprint density at radius 3 is 2.42 bits per heavy atom. The maximum absolute atomic E-state index is 12.4. The van der Waals surface area contributed by atoms with Gasteiger partial charge in [-0.3, -0.25) is 4.79 Å². The minimum Gasteiger partial charge on any atom is -0.490 e. The number of benzene rings is 1. The summed E-state index contributed by atoms with van der Waals surface area (Å²) in [5.41, 5.74) is 1.40. The van der Waals surface area contributed by atoms with Gasteiger partial charge in [0.2, 0.25) is 0 Å². The van der Waals surface area contributed by atoms with Gasteiger partial charge in [-0.25, -0.2) is 4.98 Å². The Labute approximate surface area is 159 Å². The van der Waals surface area contributed by atoms with Gasteiger partial charge >= 0.3 is 0 Å². The third-order valence-corrected chi connectivity index (χ3v) is 3.95. The van der Waals surface area contributed by atoms with Gasteiger partial charge in [0.1, 0.15) is 5.15 Å². The number of ether oxygens (including phenoxy) is 2. The third-order valence-electron chi connectivity index (χ3n) is 3.73. The number of carbonyl (C=O) groups excluding carboxylic acids is 1. The lowest BCUT2D eigenvalue weighted by atomic mass is 10.1. The van der Waals surface area contributed by atoms with Crippen molar-refractivity contribution in [3.63, 3.8) is 0 Å². The first kappa shape index (κ1) is 20.0. The number of hydrogen-bond acceptors (Lipinski definition) is 4. The van der Waals surface area contributed by atoms with Crippen molar-refractivity contribution >= 4 is 17.5 Å². The molecule has 0 radical (unpaired) electrons. The standard InChI is InChI=1S/C20H25ClN2O3/c1-4-10-25-17-8-6-15(12-18(17)26-11-5-2)14(3)23-20(24)16-7-9-19(21)22-13-16/h6-9,12-14H,4-5,10-11H2,1-3H3,(H,23,24)/t14-/m0/s1. The van der Waals surface area contributed by atoms with Crippen LogP contribution < -0.4 is 14.8 Å². The van der Waals surface area contributed by atoms with Crippen LogP contribution in [0.1, 0.15) is 55.6 Å². The molecule has 0 saturated carbocycles. The second kappa shape index (κ2) is 10.0. The van der Waals surface area contributed by atoms with E-state index in [9.17, 15) is 4.79 Å². The van der Waals surface area contributed by atoms with Crippen molar-refractivity contribution in [2.75, 3.05) is 13.2 Å². The van der Waals surface area contributed by atoms with E-state index in [-0.39, 0.29) is 11.9 Å². The van der Waals surface area contributed by atoms with Gasteiger partial charge in [-0.2, -0.15) is 0 Å². The van der Waals surface area contributed by atoms with Crippen LogP contribution in [0, 0.1) is 0 Å². The van der Waals surface area contributed by atoms with Crippen molar-refractivity contribution in [2.45, 2.75) is 39.7 Å². The van der Waals surface area contributed by atoms with Crippen molar-refractivity contribution in [3.05, 3.63) is 52.8 Å². The van der Waals surface area contributed by atoms with E-state index in [1.54, 1.807) is 12.1 Å². The summed E-state index contributed by atoms with van der Waals surface area (Å²) in [6.45, 7) is 7.29. The number of pyridine rings is 1. The highest BCUT2D eigenvalue weighted by atomic mass is 35.5. The monoisotopic (exact) mass is 376 g/mol. The van der Waals surface area contributed by atoms with Gasteiger partial charge in [0.15, 0.2) is 11.5 Å². The zero-order valence-electron chi connectivity index (χ0n) is 15.4. The van der Waals surface area contributed by atoms with Crippen LogP contribution in [0.15, 0.2) is 36.5 Å². The van der Waals surface area contributed by atoms with Crippen molar-refractivity contribution in [2.24, 2.45) is 0 Å². The molecule has 1 atom stereocenters. The van der Waals surface area contributed by atoms with E-state index in [0.717, 1.165) is 24.2 Å². The molecule has 0 aliphatic rings. The van der Waals surface area contributed by atoms with Crippen LogP contribution >= 0.6 is 11.6 Å². The van der Waals surface area contributed by atoms with Gasteiger partial charge in [-0.15, -0.1) is 0 Å². The predicted octanol–water partition coefficient (Wildman–Crippen LogP) is 4.80. The molecule has 0 bridgehead atoms. The molecule has 0 unspecified atom stereocenters. The second-order valence-electron chi connectivity index (χ2n) is 5.97. The summed E-state index contributed by atoms with van der Waals surface area (Å²) in [5.74, 6) is 1.22. The topological polar surface area (TPSA) is 60.5 Å². The summed E-state index contributed by atoms with van der Waals surface area (Å²) in [7, 11) is 0. The first-order chi connectivity index (χ1) is 12.5. The number of amides is 1. The molecule has 1 aromatic carbocycles. The fourth-order valence-corrected chi connectivity index (χ4v) is 2.44. The summed E-state index contributed by atoms with van der Waals surface area (Å²) >= 11 is 5.76. The lowest BCUT2D eigenvalue weighted by Gasteiger charge is -2.18. The molecule has 1 N–H and O–H groups in total. The molecule has 1 amide bonds. The van der Waals surface area contributed by atoms with Crippen molar-refractivity contribution in [1.29, 1.82) is 0 Å². The molecule has 0 aliphatic heterocycles. The van der Waals surface area contributed by atoms with Crippen molar-refractivity contribution < 1.29 is 14.3 Å². The number of hydrogen-bond donors (Lipinski definition) is 1. The molecular weight excluding hydrogens is 352 g/mol. The molecule has 26 heavy (non-hydrogen) atoms. The highest BCUT2D eigenvalue weighted by Crippen LogP contribution is 2.31. The summed E-state index contributed by atoms with van der Waals surface area (Å²) < 4.78 is 11.6. The zero-order chi connectivity index (χ0) is 18.9. The van der Waals surface area contributed by atoms with Crippen LogP contribution in [-0.4, -0.2) is 24.1 Å². The molecule has 140 valence electrons. The van der Waals surface area contributed by atoms with Gasteiger partial charge in [0.25, 0.3) is 5.91 Å². The molecule has 5 nitrogen and oxygen atoms in total. The normalized spacial score (nSPS) is 11.7. The summed E-state index contributed by atoms with van der Waals surface area (Å²) in [5, 5.41) is 3.32. The zero-order valence-corrected chi connectivity index (χ0v) is 16.2. The molecular formula is C20H25ClN2O3. The summed E-state index contributed by atoms with van der Waals surface area (Å²) in [4.78, 5) is 16.3. The predicted molar refractivity (Wildman–Crippen MR) is 103 cm³/mol. The fraction of sp³-hybridized carbons (Fsp3) is 0.400. The largest absolute Gasteiger partial charge is 0.490 e. The smallest absolute Gasteiger partial charge is 0.253 e.